The first-order valence-electron chi connectivity index (χ1n) is 6.85. The van der Waals surface area contributed by atoms with E-state index in [-0.39, 0.29) is 11.8 Å². The number of rotatable bonds is 7. The van der Waals surface area contributed by atoms with Crippen molar-refractivity contribution in [3.05, 3.63) is 18.2 Å². The Kier molecular flexibility index (Phi) is 5.24. The number of ether oxygens (including phenoxy) is 3. The fourth-order valence-corrected chi connectivity index (χ4v) is 2.02. The molecular weight excluding hydrogens is 258 g/mol. The summed E-state index contributed by atoms with van der Waals surface area (Å²) in [7, 11) is 3.21. The maximum atomic E-state index is 11.9. The summed E-state index contributed by atoms with van der Waals surface area (Å²) in [5, 5.41) is 2.92. The topological polar surface area (TPSA) is 56.8 Å². The lowest BCUT2D eigenvalue weighted by Gasteiger charge is -2.24. The second-order valence-electron chi connectivity index (χ2n) is 4.82. The van der Waals surface area contributed by atoms with Gasteiger partial charge in [-0.15, -0.1) is 0 Å². The van der Waals surface area contributed by atoms with Crippen molar-refractivity contribution in [3.8, 4) is 11.5 Å². The van der Waals surface area contributed by atoms with Gasteiger partial charge in [0.05, 0.1) is 13.7 Å². The summed E-state index contributed by atoms with van der Waals surface area (Å²) in [5.41, 5.74) is 0.732. The van der Waals surface area contributed by atoms with Gasteiger partial charge in [-0.25, -0.2) is 0 Å². The van der Waals surface area contributed by atoms with E-state index < -0.39 is 0 Å². The van der Waals surface area contributed by atoms with Crippen molar-refractivity contribution in [2.24, 2.45) is 5.92 Å². The van der Waals surface area contributed by atoms with E-state index in [0.717, 1.165) is 24.9 Å². The van der Waals surface area contributed by atoms with Crippen molar-refractivity contribution in [3.63, 3.8) is 0 Å². The van der Waals surface area contributed by atoms with E-state index in [0.29, 0.717) is 24.7 Å². The Labute approximate surface area is 119 Å². The van der Waals surface area contributed by atoms with Crippen LogP contribution in [0.5, 0.6) is 11.5 Å². The Morgan fingerprint density at radius 3 is 2.65 bits per heavy atom. The van der Waals surface area contributed by atoms with Crippen LogP contribution in [0.2, 0.25) is 0 Å². The number of benzene rings is 1. The average Bonchev–Trinajstić information content (AvgIpc) is 2.37. The lowest BCUT2D eigenvalue weighted by Crippen LogP contribution is -2.28. The van der Waals surface area contributed by atoms with Gasteiger partial charge in [0.1, 0.15) is 6.61 Å². The first-order chi connectivity index (χ1) is 9.74. The van der Waals surface area contributed by atoms with Crippen molar-refractivity contribution in [1.82, 2.24) is 0 Å². The van der Waals surface area contributed by atoms with Gasteiger partial charge >= 0.3 is 0 Å². The molecule has 20 heavy (non-hydrogen) atoms. The number of carbonyl (C=O) groups is 1. The molecule has 110 valence electrons. The van der Waals surface area contributed by atoms with Crippen molar-refractivity contribution < 1.29 is 19.0 Å². The van der Waals surface area contributed by atoms with Gasteiger partial charge in [-0.3, -0.25) is 4.79 Å². The van der Waals surface area contributed by atoms with Gasteiger partial charge in [-0.05, 0) is 25.0 Å². The smallest absolute Gasteiger partial charge is 0.227 e. The van der Waals surface area contributed by atoms with E-state index >= 15 is 0 Å². The molecule has 1 saturated carbocycles. The van der Waals surface area contributed by atoms with Crippen molar-refractivity contribution >= 4 is 11.6 Å². The lowest BCUT2D eigenvalue weighted by atomic mass is 9.85. The van der Waals surface area contributed by atoms with Crippen LogP contribution in [-0.2, 0) is 9.53 Å². The summed E-state index contributed by atoms with van der Waals surface area (Å²) >= 11 is 0. The third kappa shape index (κ3) is 3.63. The molecule has 0 saturated heterocycles. The number of anilines is 1. The molecule has 0 unspecified atom stereocenters. The summed E-state index contributed by atoms with van der Waals surface area (Å²) in [6, 6.07) is 5.39. The molecule has 1 aromatic carbocycles. The highest BCUT2D eigenvalue weighted by Crippen LogP contribution is 2.32. The van der Waals surface area contributed by atoms with Gasteiger partial charge < -0.3 is 19.5 Å². The fraction of sp³-hybridized carbons (Fsp3) is 0.533. The van der Waals surface area contributed by atoms with Crippen LogP contribution in [-0.4, -0.2) is 33.3 Å². The first-order valence-corrected chi connectivity index (χ1v) is 6.85. The number of hydrogen-bond acceptors (Lipinski definition) is 4. The van der Waals surface area contributed by atoms with Crippen LogP contribution >= 0.6 is 0 Å². The Morgan fingerprint density at radius 2 is 2.05 bits per heavy atom. The number of amides is 1. The summed E-state index contributed by atoms with van der Waals surface area (Å²) in [4.78, 5) is 11.9. The predicted molar refractivity (Wildman–Crippen MR) is 76.3 cm³/mol. The Bertz CT molecular complexity index is 457. The van der Waals surface area contributed by atoms with Crippen molar-refractivity contribution in [2.75, 3.05) is 32.8 Å². The van der Waals surface area contributed by atoms with E-state index in [1.54, 1.807) is 26.4 Å². The Hall–Kier alpha value is -1.75. The zero-order valence-corrected chi connectivity index (χ0v) is 12.0. The second-order valence-corrected chi connectivity index (χ2v) is 4.82. The van der Waals surface area contributed by atoms with Crippen LogP contribution in [0, 0.1) is 5.92 Å². The minimum Gasteiger partial charge on any atom is -0.493 e. The van der Waals surface area contributed by atoms with Gasteiger partial charge in [0, 0.05) is 24.8 Å². The third-order valence-electron chi connectivity index (χ3n) is 3.45. The zero-order valence-electron chi connectivity index (χ0n) is 12.0. The van der Waals surface area contributed by atoms with Crippen LogP contribution in [0.3, 0.4) is 0 Å². The number of carbonyl (C=O) groups excluding carboxylic acids is 1. The molecule has 0 spiro atoms. The SMILES string of the molecule is COCCOc1cc(NC(=O)C2CCC2)ccc1OC. The molecule has 0 heterocycles. The summed E-state index contributed by atoms with van der Waals surface area (Å²) in [6.07, 6.45) is 3.12. The van der Waals surface area contributed by atoms with Crippen LogP contribution in [0.15, 0.2) is 18.2 Å². The molecule has 1 amide bonds. The molecule has 1 N–H and O–H groups in total. The maximum absolute atomic E-state index is 11.9. The number of hydrogen-bond donors (Lipinski definition) is 1. The Balaban J connectivity index is 2.01. The van der Waals surface area contributed by atoms with E-state index in [4.69, 9.17) is 14.2 Å². The van der Waals surface area contributed by atoms with Crippen LogP contribution < -0.4 is 14.8 Å². The molecule has 5 nitrogen and oxygen atoms in total. The summed E-state index contributed by atoms with van der Waals surface area (Å²) in [6.45, 7) is 0.939. The van der Waals surface area contributed by atoms with E-state index in [2.05, 4.69) is 5.32 Å². The molecule has 0 radical (unpaired) electrons. The average molecular weight is 279 g/mol. The van der Waals surface area contributed by atoms with E-state index in [9.17, 15) is 4.79 Å². The standard InChI is InChI=1S/C15H21NO4/c1-18-8-9-20-14-10-12(6-7-13(14)19-2)16-15(17)11-4-3-5-11/h6-7,10-11H,3-5,8-9H2,1-2H3,(H,16,17). The highest BCUT2D eigenvalue weighted by Gasteiger charge is 2.25. The molecule has 0 aromatic heterocycles. The minimum atomic E-state index is 0.0873. The highest BCUT2D eigenvalue weighted by molar-refractivity contribution is 5.93. The molecular formula is C15H21NO4. The normalized spacial score (nSPS) is 14.5. The molecule has 0 bridgehead atoms. The van der Waals surface area contributed by atoms with Crippen molar-refractivity contribution in [1.29, 1.82) is 0 Å². The molecule has 0 aliphatic heterocycles. The second kappa shape index (κ2) is 7.14. The zero-order chi connectivity index (χ0) is 14.4. The van der Waals surface area contributed by atoms with Crippen molar-refractivity contribution in [2.45, 2.75) is 19.3 Å². The van der Waals surface area contributed by atoms with Crippen LogP contribution in [0.25, 0.3) is 0 Å². The van der Waals surface area contributed by atoms with Gasteiger partial charge in [-0.1, -0.05) is 6.42 Å². The fourth-order valence-electron chi connectivity index (χ4n) is 2.02. The lowest BCUT2D eigenvalue weighted by molar-refractivity contribution is -0.122. The van der Waals surface area contributed by atoms with Gasteiger partial charge in [0.15, 0.2) is 11.5 Å². The minimum absolute atomic E-state index is 0.0873. The van der Waals surface area contributed by atoms with E-state index in [1.165, 1.54) is 0 Å². The summed E-state index contributed by atoms with van der Waals surface area (Å²) in [5.74, 6) is 1.50. The monoisotopic (exact) mass is 279 g/mol. The maximum Gasteiger partial charge on any atom is 0.227 e. The molecule has 0 atom stereocenters. The van der Waals surface area contributed by atoms with Crippen LogP contribution in [0.4, 0.5) is 5.69 Å². The molecule has 2 rings (SSSR count). The quantitative estimate of drug-likeness (QED) is 0.779. The van der Waals surface area contributed by atoms with Gasteiger partial charge in [0.2, 0.25) is 5.91 Å². The van der Waals surface area contributed by atoms with E-state index in [1.807, 2.05) is 6.07 Å². The predicted octanol–water partition coefficient (Wildman–Crippen LogP) is 2.46. The Morgan fingerprint density at radius 1 is 1.25 bits per heavy atom. The molecule has 5 heteroatoms. The first kappa shape index (κ1) is 14.7. The largest absolute Gasteiger partial charge is 0.493 e. The number of methoxy groups -OCH3 is 2. The third-order valence-corrected chi connectivity index (χ3v) is 3.45. The molecule has 1 aliphatic carbocycles. The van der Waals surface area contributed by atoms with Gasteiger partial charge in [0.25, 0.3) is 0 Å². The van der Waals surface area contributed by atoms with Crippen LogP contribution in [0.1, 0.15) is 19.3 Å². The van der Waals surface area contributed by atoms with Gasteiger partial charge in [-0.2, -0.15) is 0 Å². The molecule has 1 aromatic rings. The summed E-state index contributed by atoms with van der Waals surface area (Å²) < 4.78 is 15.8. The number of nitrogens with one attached hydrogen (secondary N) is 1. The highest BCUT2D eigenvalue weighted by atomic mass is 16.5. The molecule has 1 aliphatic rings. The molecule has 1 fully saturated rings.